The highest BCUT2D eigenvalue weighted by atomic mass is 16.5. The van der Waals surface area contributed by atoms with Crippen molar-refractivity contribution in [2.24, 2.45) is 0 Å². The zero-order chi connectivity index (χ0) is 13.8. The van der Waals surface area contributed by atoms with Gasteiger partial charge in [0.15, 0.2) is 0 Å². The van der Waals surface area contributed by atoms with Gasteiger partial charge in [-0.1, -0.05) is 30.3 Å². The smallest absolute Gasteiger partial charge is 0.407 e. The Kier molecular flexibility index (Phi) is 3.62. The first-order valence-electron chi connectivity index (χ1n) is 6.54. The fourth-order valence-corrected chi connectivity index (χ4v) is 2.23. The highest BCUT2D eigenvalue weighted by Crippen LogP contribution is 2.35. The number of benzene rings is 1. The molecule has 20 heavy (non-hydrogen) atoms. The number of nitrogens with one attached hydrogen (secondary N) is 1. The van der Waals surface area contributed by atoms with Crippen molar-refractivity contribution in [2.75, 3.05) is 0 Å². The van der Waals surface area contributed by atoms with Gasteiger partial charge in [0, 0.05) is 12.0 Å². The third kappa shape index (κ3) is 2.96. The van der Waals surface area contributed by atoms with Gasteiger partial charge in [0.1, 0.15) is 6.61 Å². The number of alkyl carbamates (subject to hydrolysis) is 1. The summed E-state index contributed by atoms with van der Waals surface area (Å²) >= 11 is 0. The molecule has 1 aromatic heterocycles. The predicted molar refractivity (Wildman–Crippen MR) is 69.8 cm³/mol. The van der Waals surface area contributed by atoms with Crippen LogP contribution in [0.3, 0.4) is 0 Å². The molecule has 0 radical (unpaired) electrons. The lowest BCUT2D eigenvalue weighted by atomic mass is 9.80. The van der Waals surface area contributed by atoms with Crippen LogP contribution in [0.2, 0.25) is 0 Å². The van der Waals surface area contributed by atoms with Crippen molar-refractivity contribution in [3.05, 3.63) is 48.2 Å². The molecule has 0 spiro atoms. The van der Waals surface area contributed by atoms with E-state index in [1.54, 1.807) is 0 Å². The zero-order valence-corrected chi connectivity index (χ0v) is 10.9. The van der Waals surface area contributed by atoms with Crippen molar-refractivity contribution < 1.29 is 13.9 Å². The Labute approximate surface area is 116 Å². The molecule has 104 valence electrons. The third-order valence-electron chi connectivity index (χ3n) is 3.40. The maximum atomic E-state index is 11.6. The second-order valence-corrected chi connectivity index (χ2v) is 4.85. The molecule has 1 aliphatic rings. The van der Waals surface area contributed by atoms with Crippen LogP contribution in [-0.2, 0) is 11.3 Å². The van der Waals surface area contributed by atoms with E-state index in [0.29, 0.717) is 5.89 Å². The number of ether oxygens (including phenoxy) is 1. The molecule has 1 fully saturated rings. The molecule has 0 aliphatic heterocycles. The SMILES string of the molecule is O=C(NC1CC(c2nnco2)C1)OCc1ccccc1. The van der Waals surface area contributed by atoms with Crippen LogP contribution in [0, 0.1) is 0 Å². The Balaban J connectivity index is 1.38. The number of hydrogen-bond acceptors (Lipinski definition) is 5. The Bertz CT molecular complexity index is 550. The van der Waals surface area contributed by atoms with Crippen molar-refractivity contribution in [2.45, 2.75) is 31.4 Å². The molecular formula is C14H15N3O3. The van der Waals surface area contributed by atoms with Gasteiger partial charge in [-0.3, -0.25) is 0 Å². The fraction of sp³-hybridized carbons (Fsp3) is 0.357. The summed E-state index contributed by atoms with van der Waals surface area (Å²) < 4.78 is 10.3. The summed E-state index contributed by atoms with van der Waals surface area (Å²) in [5, 5.41) is 10.3. The monoisotopic (exact) mass is 273 g/mol. The standard InChI is InChI=1S/C14H15N3O3/c18-14(19-8-10-4-2-1-3-5-10)16-12-6-11(7-12)13-17-15-9-20-13/h1-5,9,11-12H,6-8H2,(H,16,18). The first-order chi connectivity index (χ1) is 9.81. The van der Waals surface area contributed by atoms with Crippen LogP contribution in [0.25, 0.3) is 0 Å². The van der Waals surface area contributed by atoms with Gasteiger partial charge in [-0.2, -0.15) is 0 Å². The van der Waals surface area contributed by atoms with E-state index in [-0.39, 0.29) is 24.7 Å². The lowest BCUT2D eigenvalue weighted by molar-refractivity contribution is 0.126. The van der Waals surface area contributed by atoms with Crippen molar-refractivity contribution >= 4 is 6.09 Å². The first kappa shape index (κ1) is 12.7. The number of aromatic nitrogens is 2. The Morgan fingerprint density at radius 1 is 1.35 bits per heavy atom. The van der Waals surface area contributed by atoms with Crippen LogP contribution in [0.4, 0.5) is 4.79 Å². The first-order valence-corrected chi connectivity index (χ1v) is 6.54. The minimum Gasteiger partial charge on any atom is -0.445 e. The molecule has 6 heteroatoms. The van der Waals surface area contributed by atoms with E-state index in [0.717, 1.165) is 18.4 Å². The summed E-state index contributed by atoms with van der Waals surface area (Å²) in [6.45, 7) is 0.284. The summed E-state index contributed by atoms with van der Waals surface area (Å²) in [5.41, 5.74) is 0.972. The Morgan fingerprint density at radius 3 is 2.85 bits per heavy atom. The minimum atomic E-state index is -0.386. The molecule has 6 nitrogen and oxygen atoms in total. The fourth-order valence-electron chi connectivity index (χ4n) is 2.23. The number of nitrogens with zero attached hydrogens (tertiary/aromatic N) is 2. The largest absolute Gasteiger partial charge is 0.445 e. The molecule has 1 heterocycles. The molecule has 0 atom stereocenters. The summed E-state index contributed by atoms with van der Waals surface area (Å²) in [6.07, 6.45) is 2.55. The third-order valence-corrected chi connectivity index (χ3v) is 3.40. The minimum absolute atomic E-state index is 0.121. The van der Waals surface area contributed by atoms with Crippen molar-refractivity contribution in [1.82, 2.24) is 15.5 Å². The van der Waals surface area contributed by atoms with E-state index < -0.39 is 0 Å². The number of carbonyl (C=O) groups excluding carboxylic acids is 1. The van der Waals surface area contributed by atoms with Gasteiger partial charge >= 0.3 is 6.09 Å². The van der Waals surface area contributed by atoms with E-state index in [1.807, 2.05) is 30.3 Å². The Hall–Kier alpha value is -2.37. The molecule has 2 aromatic rings. The van der Waals surface area contributed by atoms with Gasteiger partial charge in [0.05, 0.1) is 0 Å². The highest BCUT2D eigenvalue weighted by Gasteiger charge is 2.34. The molecule has 1 N–H and O–H groups in total. The van der Waals surface area contributed by atoms with Gasteiger partial charge in [-0.05, 0) is 18.4 Å². The van der Waals surface area contributed by atoms with Crippen molar-refractivity contribution in [3.8, 4) is 0 Å². The maximum Gasteiger partial charge on any atom is 0.407 e. The normalized spacial score (nSPS) is 21.0. The molecule has 0 unspecified atom stereocenters. The van der Waals surface area contributed by atoms with Crippen LogP contribution in [0.1, 0.15) is 30.2 Å². The molecule has 0 bridgehead atoms. The van der Waals surface area contributed by atoms with Crippen molar-refractivity contribution in [1.29, 1.82) is 0 Å². The lowest BCUT2D eigenvalue weighted by Crippen LogP contribution is -2.43. The maximum absolute atomic E-state index is 11.6. The van der Waals surface area contributed by atoms with Crippen LogP contribution in [-0.4, -0.2) is 22.3 Å². The second-order valence-electron chi connectivity index (χ2n) is 4.85. The summed E-state index contributed by atoms with van der Waals surface area (Å²) in [7, 11) is 0. The molecule has 1 saturated carbocycles. The van der Waals surface area contributed by atoms with E-state index >= 15 is 0 Å². The van der Waals surface area contributed by atoms with Gasteiger partial charge in [-0.25, -0.2) is 4.79 Å². The van der Waals surface area contributed by atoms with E-state index in [2.05, 4.69) is 15.5 Å². The number of rotatable bonds is 4. The number of carbonyl (C=O) groups is 1. The van der Waals surface area contributed by atoms with Gasteiger partial charge in [0.25, 0.3) is 0 Å². The Morgan fingerprint density at radius 2 is 2.15 bits per heavy atom. The summed E-state index contributed by atoms with van der Waals surface area (Å²) in [6, 6.07) is 9.71. The highest BCUT2D eigenvalue weighted by molar-refractivity contribution is 5.67. The average Bonchev–Trinajstić information content (AvgIpc) is 2.95. The van der Waals surface area contributed by atoms with E-state index in [9.17, 15) is 4.79 Å². The van der Waals surface area contributed by atoms with Crippen LogP contribution in [0.15, 0.2) is 41.1 Å². The predicted octanol–water partition coefficient (Wildman–Crippen LogP) is 2.24. The van der Waals surface area contributed by atoms with Crippen molar-refractivity contribution in [3.63, 3.8) is 0 Å². The molecule has 1 aromatic carbocycles. The summed E-state index contributed by atoms with van der Waals surface area (Å²) in [5.74, 6) is 0.887. The molecule has 1 amide bonds. The second kappa shape index (κ2) is 5.73. The quantitative estimate of drug-likeness (QED) is 0.924. The average molecular weight is 273 g/mol. The van der Waals surface area contributed by atoms with Gasteiger partial charge in [0.2, 0.25) is 12.3 Å². The van der Waals surface area contributed by atoms with Gasteiger partial charge < -0.3 is 14.5 Å². The van der Waals surface area contributed by atoms with E-state index in [1.165, 1.54) is 6.39 Å². The number of hydrogen-bond donors (Lipinski definition) is 1. The summed E-state index contributed by atoms with van der Waals surface area (Å²) in [4.78, 5) is 11.6. The molecule has 0 saturated heterocycles. The van der Waals surface area contributed by atoms with Crippen LogP contribution >= 0.6 is 0 Å². The zero-order valence-electron chi connectivity index (χ0n) is 10.9. The lowest BCUT2D eigenvalue weighted by Gasteiger charge is -2.32. The molecule has 1 aliphatic carbocycles. The van der Waals surface area contributed by atoms with Crippen LogP contribution < -0.4 is 5.32 Å². The number of amides is 1. The van der Waals surface area contributed by atoms with E-state index in [4.69, 9.17) is 9.15 Å². The van der Waals surface area contributed by atoms with Crippen LogP contribution in [0.5, 0.6) is 0 Å². The van der Waals surface area contributed by atoms with Gasteiger partial charge in [-0.15, -0.1) is 10.2 Å². The molecule has 3 rings (SSSR count). The molecular weight excluding hydrogens is 258 g/mol. The topological polar surface area (TPSA) is 77.3 Å².